The summed E-state index contributed by atoms with van der Waals surface area (Å²) >= 11 is 4.15. The zero-order chi connectivity index (χ0) is 22.7. The second-order valence-corrected chi connectivity index (χ2v) is 14.5. The molecule has 9 atom stereocenters. The van der Waals surface area contributed by atoms with Crippen LogP contribution in [0.5, 0.6) is 0 Å². The van der Waals surface area contributed by atoms with Gasteiger partial charge in [-0.1, -0.05) is 69.8 Å². The van der Waals surface area contributed by atoms with E-state index in [0.717, 1.165) is 55.1 Å². The van der Waals surface area contributed by atoms with Crippen molar-refractivity contribution >= 4 is 15.9 Å². The van der Waals surface area contributed by atoms with Gasteiger partial charge in [0.15, 0.2) is 5.79 Å². The Morgan fingerprint density at radius 1 is 0.781 bits per heavy atom. The molecule has 0 aromatic rings. The van der Waals surface area contributed by atoms with Crippen LogP contribution >= 0.6 is 15.9 Å². The van der Waals surface area contributed by atoms with Gasteiger partial charge in [0.05, 0.1) is 18.0 Å². The third-order valence-corrected chi connectivity index (χ3v) is 13.0. The fourth-order valence-corrected chi connectivity index (χ4v) is 11.4. The minimum absolute atomic E-state index is 0.329. The third kappa shape index (κ3) is 3.69. The monoisotopic (exact) mass is 508 g/mol. The fourth-order valence-electron chi connectivity index (χ4n) is 10.0. The standard InChI is InChI=1S/C29H49BrO2/c1-19(2)7-6-8-20(3)22-11-12-23-21-9-10-25-26(30)29(31-17-18-32-29)16-15-28(25,5)24(21)13-14-27(22,23)4/h19-26H,6-18H2,1-5H3/t20-,21+,22-,23+,24+,25-,26-,27-,28-/m1/s1. The number of rotatable bonds is 5. The molecule has 3 heteroatoms. The molecule has 5 rings (SSSR count). The zero-order valence-corrected chi connectivity index (χ0v) is 23.1. The van der Waals surface area contributed by atoms with E-state index in [2.05, 4.69) is 50.5 Å². The fraction of sp³-hybridized carbons (Fsp3) is 1.00. The molecule has 0 radical (unpaired) electrons. The molecule has 1 saturated heterocycles. The van der Waals surface area contributed by atoms with Crippen LogP contribution in [0, 0.1) is 52.3 Å². The predicted molar refractivity (Wildman–Crippen MR) is 136 cm³/mol. The highest BCUT2D eigenvalue weighted by atomic mass is 79.9. The lowest BCUT2D eigenvalue weighted by Crippen LogP contribution is -2.61. The van der Waals surface area contributed by atoms with E-state index < -0.39 is 0 Å². The molecular weight excluding hydrogens is 460 g/mol. The average Bonchev–Trinajstić information content (AvgIpc) is 3.36. The lowest BCUT2D eigenvalue weighted by molar-refractivity contribution is -0.222. The highest BCUT2D eigenvalue weighted by Crippen LogP contribution is 2.69. The summed E-state index contributed by atoms with van der Waals surface area (Å²) in [5.74, 6) is 5.94. The smallest absolute Gasteiger partial charge is 0.181 e. The minimum atomic E-state index is -0.329. The van der Waals surface area contributed by atoms with E-state index in [9.17, 15) is 0 Å². The van der Waals surface area contributed by atoms with Crippen LogP contribution in [0.4, 0.5) is 0 Å². The first kappa shape index (κ1) is 24.1. The molecule has 0 bridgehead atoms. The summed E-state index contributed by atoms with van der Waals surface area (Å²) in [6.07, 6.45) is 15.4. The van der Waals surface area contributed by atoms with Gasteiger partial charge in [0.1, 0.15) is 0 Å². The molecule has 5 aliphatic rings. The van der Waals surface area contributed by atoms with E-state index in [4.69, 9.17) is 9.47 Å². The van der Waals surface area contributed by atoms with Gasteiger partial charge < -0.3 is 9.47 Å². The van der Waals surface area contributed by atoms with Crippen LogP contribution in [0.25, 0.3) is 0 Å². The van der Waals surface area contributed by atoms with Gasteiger partial charge in [-0.2, -0.15) is 0 Å². The maximum atomic E-state index is 6.23. The van der Waals surface area contributed by atoms with Crippen LogP contribution in [-0.2, 0) is 9.47 Å². The molecule has 0 aromatic heterocycles. The van der Waals surface area contributed by atoms with Gasteiger partial charge in [0.25, 0.3) is 0 Å². The van der Waals surface area contributed by atoms with Crippen molar-refractivity contribution in [2.45, 2.75) is 116 Å². The van der Waals surface area contributed by atoms with Gasteiger partial charge >= 0.3 is 0 Å². The first-order chi connectivity index (χ1) is 15.2. The number of hydrogen-bond donors (Lipinski definition) is 0. The molecular formula is C29H49BrO2. The molecule has 0 aromatic carbocycles. The van der Waals surface area contributed by atoms with Crippen molar-refractivity contribution in [3.05, 3.63) is 0 Å². The Bertz CT molecular complexity index is 672. The van der Waals surface area contributed by atoms with Crippen molar-refractivity contribution in [3.63, 3.8) is 0 Å². The van der Waals surface area contributed by atoms with Crippen molar-refractivity contribution in [1.29, 1.82) is 0 Å². The summed E-state index contributed by atoms with van der Waals surface area (Å²) in [5, 5.41) is 0. The van der Waals surface area contributed by atoms with E-state index in [1.165, 1.54) is 64.2 Å². The number of hydrogen-bond acceptors (Lipinski definition) is 2. The Kier molecular flexibility index (Phi) is 6.64. The first-order valence-corrected chi connectivity index (χ1v) is 15.0. The first-order valence-electron chi connectivity index (χ1n) is 14.1. The SMILES string of the molecule is CC(C)CCC[C@@H](C)[C@H]1CC[C@H]2[C@@H]3CC[C@@H]4[C@@H](Br)C5(CC[C@]4(C)[C@H]3CC[C@]12C)OCCO5. The quantitative estimate of drug-likeness (QED) is 0.348. The molecule has 1 heterocycles. The van der Waals surface area contributed by atoms with Crippen LogP contribution in [-0.4, -0.2) is 23.8 Å². The average molecular weight is 510 g/mol. The molecule has 0 N–H and O–H groups in total. The summed E-state index contributed by atoms with van der Waals surface area (Å²) in [6, 6.07) is 0. The minimum Gasteiger partial charge on any atom is -0.346 e. The van der Waals surface area contributed by atoms with Crippen molar-refractivity contribution < 1.29 is 9.47 Å². The maximum Gasteiger partial charge on any atom is 0.181 e. The van der Waals surface area contributed by atoms with Gasteiger partial charge in [-0.05, 0) is 97.2 Å². The van der Waals surface area contributed by atoms with Crippen LogP contribution in [0.1, 0.15) is 105 Å². The van der Waals surface area contributed by atoms with Crippen molar-refractivity contribution in [2.75, 3.05) is 13.2 Å². The van der Waals surface area contributed by atoms with Gasteiger partial charge in [-0.3, -0.25) is 0 Å². The van der Waals surface area contributed by atoms with Crippen LogP contribution < -0.4 is 0 Å². The van der Waals surface area contributed by atoms with E-state index in [-0.39, 0.29) is 5.79 Å². The van der Waals surface area contributed by atoms with Gasteiger partial charge in [0, 0.05) is 6.42 Å². The number of alkyl halides is 1. The zero-order valence-electron chi connectivity index (χ0n) is 21.5. The maximum absolute atomic E-state index is 6.23. The highest BCUT2D eigenvalue weighted by Gasteiger charge is 2.64. The van der Waals surface area contributed by atoms with Gasteiger partial charge in [-0.15, -0.1) is 0 Å². The predicted octanol–water partition coefficient (Wildman–Crippen LogP) is 8.22. The van der Waals surface area contributed by atoms with E-state index >= 15 is 0 Å². The normalized spacial score (nSPS) is 48.5. The second-order valence-electron chi connectivity index (χ2n) is 13.5. The Balaban J connectivity index is 1.30. The topological polar surface area (TPSA) is 18.5 Å². The Morgan fingerprint density at radius 3 is 2.19 bits per heavy atom. The molecule has 184 valence electrons. The number of halogens is 1. The third-order valence-electron chi connectivity index (χ3n) is 11.7. The molecule has 4 saturated carbocycles. The summed E-state index contributed by atoms with van der Waals surface area (Å²) in [5.41, 5.74) is 1.06. The molecule has 0 amide bonds. The molecule has 1 aliphatic heterocycles. The molecule has 32 heavy (non-hydrogen) atoms. The van der Waals surface area contributed by atoms with Crippen molar-refractivity contribution in [1.82, 2.24) is 0 Å². The number of fused-ring (bicyclic) bond motifs is 5. The largest absolute Gasteiger partial charge is 0.346 e. The lowest BCUT2D eigenvalue weighted by Gasteiger charge is -2.63. The summed E-state index contributed by atoms with van der Waals surface area (Å²) in [7, 11) is 0. The van der Waals surface area contributed by atoms with Crippen LogP contribution in [0.3, 0.4) is 0 Å². The lowest BCUT2D eigenvalue weighted by atomic mass is 9.44. The van der Waals surface area contributed by atoms with Crippen LogP contribution in [0.15, 0.2) is 0 Å². The second kappa shape index (κ2) is 8.81. The Morgan fingerprint density at radius 2 is 1.47 bits per heavy atom. The molecule has 2 nitrogen and oxygen atoms in total. The Hall–Kier alpha value is 0.400. The van der Waals surface area contributed by atoms with Gasteiger partial charge in [-0.25, -0.2) is 0 Å². The molecule has 0 unspecified atom stereocenters. The van der Waals surface area contributed by atoms with Gasteiger partial charge in [0.2, 0.25) is 0 Å². The van der Waals surface area contributed by atoms with E-state index in [0.29, 0.717) is 21.6 Å². The van der Waals surface area contributed by atoms with Crippen molar-refractivity contribution in [2.24, 2.45) is 52.3 Å². The summed E-state index contributed by atoms with van der Waals surface area (Å²) < 4.78 is 12.5. The summed E-state index contributed by atoms with van der Waals surface area (Å²) in [4.78, 5) is 0.364. The van der Waals surface area contributed by atoms with E-state index in [1.807, 2.05) is 0 Å². The number of ether oxygens (including phenoxy) is 2. The van der Waals surface area contributed by atoms with Crippen molar-refractivity contribution in [3.8, 4) is 0 Å². The van der Waals surface area contributed by atoms with E-state index in [1.54, 1.807) is 0 Å². The van der Waals surface area contributed by atoms with Crippen LogP contribution in [0.2, 0.25) is 0 Å². The Labute approximate surface area is 206 Å². The summed E-state index contributed by atoms with van der Waals surface area (Å²) in [6.45, 7) is 14.3. The molecule has 4 aliphatic carbocycles. The highest BCUT2D eigenvalue weighted by molar-refractivity contribution is 9.09. The molecule has 5 fully saturated rings. The molecule has 1 spiro atoms.